The van der Waals surface area contributed by atoms with Crippen molar-refractivity contribution in [2.45, 2.75) is 49.7 Å². The molecule has 0 unspecified atom stereocenters. The number of nitrogens with zero attached hydrogens (tertiary/aromatic N) is 7. The predicted octanol–water partition coefficient (Wildman–Crippen LogP) is -3.00. The average Bonchev–Trinajstić information content (AvgIpc) is 3.31. The van der Waals surface area contributed by atoms with Gasteiger partial charge in [-0.3, -0.25) is 19.0 Å². The summed E-state index contributed by atoms with van der Waals surface area (Å²) in [7, 11) is -4.97. The van der Waals surface area contributed by atoms with Gasteiger partial charge in [-0.05, 0) is 0 Å². The lowest BCUT2D eigenvalue weighted by Gasteiger charge is -2.43. The van der Waals surface area contributed by atoms with E-state index in [2.05, 4.69) is 25.7 Å². The van der Waals surface area contributed by atoms with Crippen LogP contribution in [0.1, 0.15) is 24.2 Å². The van der Waals surface area contributed by atoms with Gasteiger partial charge < -0.3 is 26.7 Å². The van der Waals surface area contributed by atoms with Crippen molar-refractivity contribution in [3.8, 4) is 0 Å². The van der Waals surface area contributed by atoms with Gasteiger partial charge >= 0.3 is 16.3 Å². The number of oxime groups is 1. The third kappa shape index (κ3) is 5.41. The van der Waals surface area contributed by atoms with E-state index in [1.54, 1.807) is 0 Å². The molecule has 20 heteroatoms. The number of carbonyl (C=O) groups is 3. The summed E-state index contributed by atoms with van der Waals surface area (Å²) >= 11 is 0.979. The molecule has 5 rings (SSSR count). The van der Waals surface area contributed by atoms with Crippen LogP contribution in [0.25, 0.3) is 0 Å². The molecule has 39 heavy (non-hydrogen) atoms. The maximum Gasteiger partial charge on any atom is 0.362 e. The molecule has 18 nitrogen and oxygen atoms in total. The molecular weight excluding hydrogens is 560 g/mol. The van der Waals surface area contributed by atoms with Gasteiger partial charge in [-0.25, -0.2) is 14.1 Å². The van der Waals surface area contributed by atoms with E-state index in [4.69, 9.17) is 16.3 Å². The van der Waals surface area contributed by atoms with Crippen LogP contribution < -0.4 is 16.8 Å². The smallest absolute Gasteiger partial charge is 0.362 e. The second kappa shape index (κ2) is 9.79. The Morgan fingerprint density at radius 1 is 1.33 bits per heavy atom. The Morgan fingerprint density at radius 2 is 2.05 bits per heavy atom. The first kappa shape index (κ1) is 26.9. The van der Waals surface area contributed by atoms with Crippen LogP contribution in [0.15, 0.2) is 16.7 Å². The number of nitrogens with two attached hydrogens (primary N) is 2. The standard InChI is InChI=1S/C19H24N10O8S2/c20-9-4-27(5-9)6-10-3-22-28(25-10)7-12-14(16(31)29(12)39(34,35)36)24-15(30)13(11-8-38-18(21)23-11)26-37-19(1-2-19)17(32)33/h3,8-9,12,14H,1-2,4-7,20H2,(H2,21,23)(H,24,30)(H,32,33)(H,34,35,36)/t12-,14-/m0/s1. The molecular formula is C19H24N10O8S2. The fourth-order valence-corrected chi connectivity index (χ4v) is 5.59. The summed E-state index contributed by atoms with van der Waals surface area (Å²) in [5.41, 5.74) is 9.90. The molecule has 3 aliphatic rings. The molecule has 1 saturated carbocycles. The van der Waals surface area contributed by atoms with Crippen molar-refractivity contribution in [3.63, 3.8) is 0 Å². The molecule has 2 aromatic rings. The molecule has 0 radical (unpaired) electrons. The zero-order chi connectivity index (χ0) is 28.1. The Hall–Kier alpha value is -3.72. The highest BCUT2D eigenvalue weighted by atomic mass is 32.2. The Balaban J connectivity index is 1.34. The Morgan fingerprint density at radius 3 is 2.62 bits per heavy atom. The zero-order valence-corrected chi connectivity index (χ0v) is 21.7. The third-order valence-corrected chi connectivity index (χ3v) is 8.02. The monoisotopic (exact) mass is 584 g/mol. The number of amides is 2. The summed E-state index contributed by atoms with van der Waals surface area (Å²) in [6, 6.07) is -2.63. The van der Waals surface area contributed by atoms with E-state index >= 15 is 0 Å². The van der Waals surface area contributed by atoms with Gasteiger partial charge in [0.1, 0.15) is 17.8 Å². The Kier molecular flexibility index (Phi) is 6.74. The summed E-state index contributed by atoms with van der Waals surface area (Å²) in [5, 5.41) is 25.2. The number of rotatable bonds is 11. The lowest BCUT2D eigenvalue weighted by molar-refractivity contribution is -0.153. The molecule has 2 saturated heterocycles. The summed E-state index contributed by atoms with van der Waals surface area (Å²) in [6.45, 7) is 1.57. The van der Waals surface area contributed by atoms with Crippen molar-refractivity contribution >= 4 is 50.3 Å². The van der Waals surface area contributed by atoms with E-state index in [1.807, 2.05) is 4.90 Å². The minimum Gasteiger partial charge on any atom is -0.478 e. The van der Waals surface area contributed by atoms with Crippen LogP contribution in [0.2, 0.25) is 0 Å². The summed E-state index contributed by atoms with van der Waals surface area (Å²) in [4.78, 5) is 49.6. The number of aliphatic carboxylic acids is 1. The van der Waals surface area contributed by atoms with Crippen molar-refractivity contribution in [1.82, 2.24) is 34.5 Å². The van der Waals surface area contributed by atoms with E-state index in [1.165, 1.54) is 11.6 Å². The van der Waals surface area contributed by atoms with E-state index < -0.39 is 51.5 Å². The highest BCUT2D eigenvalue weighted by Gasteiger charge is 2.56. The number of hydrogen-bond donors (Lipinski definition) is 5. The molecule has 4 heterocycles. The number of carbonyl (C=O) groups excluding carboxylic acids is 2. The Labute approximate surface area is 224 Å². The normalized spacial score (nSPS) is 23.2. The lowest BCUT2D eigenvalue weighted by Crippen LogP contribution is -2.73. The minimum absolute atomic E-state index is 0.0461. The van der Waals surface area contributed by atoms with Crippen molar-refractivity contribution < 1.29 is 37.3 Å². The predicted molar refractivity (Wildman–Crippen MR) is 131 cm³/mol. The highest BCUT2D eigenvalue weighted by molar-refractivity contribution is 7.84. The van der Waals surface area contributed by atoms with Crippen LogP contribution in [0.4, 0.5) is 5.13 Å². The number of nitrogen functional groups attached to an aromatic ring is 1. The van der Waals surface area contributed by atoms with Gasteiger partial charge in [0.05, 0.1) is 18.4 Å². The first-order chi connectivity index (χ1) is 18.4. The van der Waals surface area contributed by atoms with Gasteiger partial charge in [-0.1, -0.05) is 5.16 Å². The van der Waals surface area contributed by atoms with Crippen molar-refractivity contribution in [1.29, 1.82) is 0 Å². The van der Waals surface area contributed by atoms with Crippen molar-refractivity contribution in [2.24, 2.45) is 10.9 Å². The number of aromatic nitrogens is 4. The number of carboxylic acids is 1. The van der Waals surface area contributed by atoms with Gasteiger partial charge in [0.15, 0.2) is 10.8 Å². The number of nitrogens with one attached hydrogen (secondary N) is 1. The number of likely N-dealkylation sites (tertiary alicyclic amines) is 1. The topological polar surface area (TPSA) is 262 Å². The van der Waals surface area contributed by atoms with Crippen LogP contribution in [0.3, 0.4) is 0 Å². The van der Waals surface area contributed by atoms with Gasteiger partial charge in [0.25, 0.3) is 11.8 Å². The van der Waals surface area contributed by atoms with E-state index in [0.717, 1.165) is 16.1 Å². The molecule has 0 bridgehead atoms. The molecule has 2 aromatic heterocycles. The van der Waals surface area contributed by atoms with Crippen LogP contribution in [0, 0.1) is 0 Å². The second-order valence-electron chi connectivity index (χ2n) is 9.38. The second-order valence-corrected chi connectivity index (χ2v) is 11.6. The maximum absolute atomic E-state index is 13.2. The maximum atomic E-state index is 13.2. The lowest BCUT2D eigenvalue weighted by atomic mass is 9.98. The SMILES string of the molecule is Nc1nc(C(=NOC2(C(=O)O)CC2)C(=O)N[C@@H]2C(=O)N(S(=O)(=O)O)[C@H]2Cn2ncc(CN3CC(N)C3)n2)cs1. The molecule has 1 aliphatic carbocycles. The molecule has 2 amide bonds. The first-order valence-electron chi connectivity index (χ1n) is 11.6. The van der Waals surface area contributed by atoms with E-state index in [-0.39, 0.29) is 40.6 Å². The fraction of sp³-hybridized carbons (Fsp3) is 0.526. The van der Waals surface area contributed by atoms with Crippen LogP contribution in [-0.2, 0) is 42.6 Å². The first-order valence-corrected chi connectivity index (χ1v) is 13.8. The number of thiazole rings is 1. The zero-order valence-electron chi connectivity index (χ0n) is 20.1. The molecule has 0 spiro atoms. The molecule has 210 valence electrons. The number of hydrogen-bond acceptors (Lipinski definition) is 14. The quantitative estimate of drug-likeness (QED) is 0.0763. The summed E-state index contributed by atoms with van der Waals surface area (Å²) in [5.74, 6) is -3.38. The van der Waals surface area contributed by atoms with Gasteiger partial charge in [0.2, 0.25) is 5.60 Å². The summed E-state index contributed by atoms with van der Waals surface area (Å²) < 4.78 is 33.6. The number of anilines is 1. The number of carboxylic acid groups (broad SMARTS) is 1. The van der Waals surface area contributed by atoms with Crippen LogP contribution in [-0.4, -0.2) is 108 Å². The molecule has 2 atom stereocenters. The average molecular weight is 585 g/mol. The van der Waals surface area contributed by atoms with Crippen LogP contribution >= 0.6 is 11.3 Å². The van der Waals surface area contributed by atoms with Gasteiger partial charge in [-0.2, -0.15) is 23.4 Å². The number of β-lactam (4-membered cyclic amide) rings is 1. The van der Waals surface area contributed by atoms with Gasteiger partial charge in [0, 0.05) is 43.9 Å². The molecule has 3 fully saturated rings. The van der Waals surface area contributed by atoms with Gasteiger partial charge in [-0.15, -0.1) is 11.3 Å². The largest absolute Gasteiger partial charge is 0.478 e. The third-order valence-electron chi connectivity index (χ3n) is 6.39. The fourth-order valence-electron chi connectivity index (χ4n) is 4.17. The molecule has 2 aliphatic heterocycles. The van der Waals surface area contributed by atoms with Crippen LogP contribution in [0.5, 0.6) is 0 Å². The molecule has 7 N–H and O–H groups in total. The van der Waals surface area contributed by atoms with E-state index in [9.17, 15) is 32.5 Å². The molecule has 0 aromatic carbocycles. The summed E-state index contributed by atoms with van der Waals surface area (Å²) in [6.07, 6.45) is 1.83. The van der Waals surface area contributed by atoms with E-state index in [0.29, 0.717) is 25.3 Å². The van der Waals surface area contributed by atoms with Crippen molar-refractivity contribution in [2.75, 3.05) is 18.8 Å². The Bertz CT molecular complexity index is 1450. The van der Waals surface area contributed by atoms with Crippen molar-refractivity contribution in [3.05, 3.63) is 23.0 Å². The highest BCUT2D eigenvalue weighted by Crippen LogP contribution is 2.40. The minimum atomic E-state index is -4.97.